The fourth-order valence-electron chi connectivity index (χ4n) is 2.37. The van der Waals surface area contributed by atoms with Crippen molar-refractivity contribution in [1.82, 2.24) is 0 Å². The van der Waals surface area contributed by atoms with Crippen LogP contribution in [0.15, 0.2) is 47.4 Å². The molecule has 0 unspecified atom stereocenters. The number of aliphatic carboxylic acids is 1. The van der Waals surface area contributed by atoms with Crippen LogP contribution in [0.25, 0.3) is 6.08 Å². The van der Waals surface area contributed by atoms with Gasteiger partial charge in [0.05, 0.1) is 25.5 Å². The van der Waals surface area contributed by atoms with Crippen LogP contribution in [0.3, 0.4) is 0 Å². The summed E-state index contributed by atoms with van der Waals surface area (Å²) < 4.78 is 38.4. The van der Waals surface area contributed by atoms with Crippen LogP contribution in [0.5, 0.6) is 11.5 Å². The molecule has 0 bridgehead atoms. The van der Waals surface area contributed by atoms with Crippen LogP contribution in [-0.4, -0.2) is 44.8 Å². The van der Waals surface area contributed by atoms with Gasteiger partial charge in [0.25, 0.3) is 10.0 Å². The van der Waals surface area contributed by atoms with Crippen LogP contribution < -0.4 is 14.2 Å². The van der Waals surface area contributed by atoms with E-state index in [9.17, 15) is 23.1 Å². The first-order valence-corrected chi connectivity index (χ1v) is 9.20. The summed E-state index contributed by atoms with van der Waals surface area (Å²) in [6.45, 7) is 0. The lowest BCUT2D eigenvalue weighted by Gasteiger charge is -2.16. The molecule has 0 aliphatic rings. The SMILES string of the molecule is COc1cc(/C=C/C(=O)O)cc(S(=O)(=O)Nc2ccccc2C(=O)O)c1OC. The minimum atomic E-state index is -4.31. The largest absolute Gasteiger partial charge is 0.493 e. The van der Waals surface area contributed by atoms with Crippen molar-refractivity contribution in [3.8, 4) is 11.5 Å². The second-order valence-corrected chi connectivity index (χ2v) is 7.03. The van der Waals surface area contributed by atoms with Crippen molar-refractivity contribution in [2.75, 3.05) is 18.9 Å². The van der Waals surface area contributed by atoms with Gasteiger partial charge in [-0.2, -0.15) is 0 Å². The first-order chi connectivity index (χ1) is 13.2. The minimum Gasteiger partial charge on any atom is -0.493 e. The van der Waals surface area contributed by atoms with Gasteiger partial charge in [-0.25, -0.2) is 18.0 Å². The standard InChI is InChI=1S/C18H17NO8S/c1-26-14-9-11(7-8-16(20)21)10-15(17(14)27-2)28(24,25)19-13-6-4-3-5-12(13)18(22)23/h3-10,19H,1-2H3,(H,20,21)(H,22,23)/b8-7+. The summed E-state index contributed by atoms with van der Waals surface area (Å²) in [4.78, 5) is 21.7. The third-order valence-corrected chi connectivity index (χ3v) is 4.95. The lowest BCUT2D eigenvalue weighted by Crippen LogP contribution is -2.17. The Bertz CT molecular complexity index is 1040. The van der Waals surface area contributed by atoms with Gasteiger partial charge in [-0.15, -0.1) is 0 Å². The number of methoxy groups -OCH3 is 2. The van der Waals surface area contributed by atoms with Crippen molar-refractivity contribution in [2.45, 2.75) is 4.90 Å². The van der Waals surface area contributed by atoms with E-state index < -0.39 is 22.0 Å². The highest BCUT2D eigenvalue weighted by Crippen LogP contribution is 2.37. The highest BCUT2D eigenvalue weighted by Gasteiger charge is 2.25. The second kappa shape index (κ2) is 8.44. The molecule has 0 saturated carbocycles. The number of nitrogens with one attached hydrogen (secondary N) is 1. The van der Waals surface area contributed by atoms with E-state index in [4.69, 9.17) is 14.6 Å². The molecule has 0 amide bonds. The van der Waals surface area contributed by atoms with Crippen molar-refractivity contribution in [1.29, 1.82) is 0 Å². The van der Waals surface area contributed by atoms with E-state index in [-0.39, 0.29) is 33.2 Å². The number of carboxylic acids is 2. The van der Waals surface area contributed by atoms with Crippen molar-refractivity contribution in [3.05, 3.63) is 53.6 Å². The Hall–Kier alpha value is -3.53. The van der Waals surface area contributed by atoms with Crippen LogP contribution in [0.4, 0.5) is 5.69 Å². The Morgan fingerprint density at radius 1 is 1.07 bits per heavy atom. The smallest absolute Gasteiger partial charge is 0.337 e. The van der Waals surface area contributed by atoms with Gasteiger partial charge in [0, 0.05) is 6.08 Å². The van der Waals surface area contributed by atoms with Crippen LogP contribution >= 0.6 is 0 Å². The van der Waals surface area contributed by atoms with E-state index in [1.54, 1.807) is 0 Å². The number of para-hydroxylation sites is 1. The Kier molecular flexibility index (Phi) is 6.26. The van der Waals surface area contributed by atoms with Gasteiger partial charge in [-0.05, 0) is 35.9 Å². The van der Waals surface area contributed by atoms with Gasteiger partial charge in [0.1, 0.15) is 4.90 Å². The van der Waals surface area contributed by atoms with Gasteiger partial charge in [-0.1, -0.05) is 12.1 Å². The Morgan fingerprint density at radius 2 is 1.75 bits per heavy atom. The number of aromatic carboxylic acids is 1. The van der Waals surface area contributed by atoms with E-state index in [2.05, 4.69) is 4.72 Å². The maximum Gasteiger partial charge on any atom is 0.337 e. The van der Waals surface area contributed by atoms with Gasteiger partial charge in [0.2, 0.25) is 0 Å². The summed E-state index contributed by atoms with van der Waals surface area (Å²) in [6, 6.07) is 8.09. The lowest BCUT2D eigenvalue weighted by molar-refractivity contribution is -0.131. The predicted octanol–water partition coefficient (Wildman–Crippen LogP) is 2.30. The fraction of sp³-hybridized carbons (Fsp3) is 0.111. The molecule has 28 heavy (non-hydrogen) atoms. The summed E-state index contributed by atoms with van der Waals surface area (Å²) in [5.74, 6) is -2.58. The summed E-state index contributed by atoms with van der Waals surface area (Å²) in [6.07, 6.45) is 2.03. The van der Waals surface area contributed by atoms with Crippen LogP contribution in [0, 0.1) is 0 Å². The topological polar surface area (TPSA) is 139 Å². The zero-order chi connectivity index (χ0) is 20.9. The number of carboxylic acid groups (broad SMARTS) is 2. The maximum atomic E-state index is 12.9. The van der Waals surface area contributed by atoms with Crippen molar-refractivity contribution in [3.63, 3.8) is 0 Å². The third-order valence-electron chi connectivity index (χ3n) is 3.58. The van der Waals surface area contributed by atoms with Gasteiger partial charge in [0.15, 0.2) is 11.5 Å². The molecule has 2 aromatic rings. The number of rotatable bonds is 8. The minimum absolute atomic E-state index is 0.0573. The number of hydrogen-bond donors (Lipinski definition) is 3. The first-order valence-electron chi connectivity index (χ1n) is 7.71. The number of sulfonamides is 1. The van der Waals surface area contributed by atoms with Gasteiger partial charge >= 0.3 is 11.9 Å². The molecule has 2 aromatic carbocycles. The quantitative estimate of drug-likeness (QED) is 0.567. The highest BCUT2D eigenvalue weighted by molar-refractivity contribution is 7.92. The summed E-state index contributed by atoms with van der Waals surface area (Å²) in [5, 5.41) is 18.0. The van der Waals surface area contributed by atoms with E-state index in [1.165, 1.54) is 56.7 Å². The Morgan fingerprint density at radius 3 is 2.32 bits per heavy atom. The fourth-order valence-corrected chi connectivity index (χ4v) is 3.67. The molecule has 0 radical (unpaired) electrons. The van der Waals surface area contributed by atoms with E-state index in [1.807, 2.05) is 0 Å². The first kappa shape index (κ1) is 20.8. The van der Waals surface area contributed by atoms with E-state index >= 15 is 0 Å². The molecule has 148 valence electrons. The number of anilines is 1. The van der Waals surface area contributed by atoms with Crippen LogP contribution in [0.1, 0.15) is 15.9 Å². The zero-order valence-electron chi connectivity index (χ0n) is 14.9. The predicted molar refractivity (Wildman–Crippen MR) is 100 cm³/mol. The molecular formula is C18H17NO8S. The summed E-state index contributed by atoms with van der Waals surface area (Å²) in [7, 11) is -1.76. The molecule has 0 aliphatic carbocycles. The molecule has 0 aliphatic heterocycles. The molecule has 0 spiro atoms. The molecule has 0 heterocycles. The van der Waals surface area contributed by atoms with Crippen molar-refractivity contribution in [2.24, 2.45) is 0 Å². The Labute approximate surface area is 160 Å². The molecule has 2 rings (SSSR count). The average molecular weight is 407 g/mol. The van der Waals surface area contributed by atoms with Crippen LogP contribution in [0.2, 0.25) is 0 Å². The molecule has 10 heteroatoms. The third kappa shape index (κ3) is 4.60. The van der Waals surface area contributed by atoms with Crippen LogP contribution in [-0.2, 0) is 14.8 Å². The summed E-state index contributed by atoms with van der Waals surface area (Å²) >= 11 is 0. The molecule has 0 atom stereocenters. The molecule has 0 fully saturated rings. The average Bonchev–Trinajstić information content (AvgIpc) is 2.65. The highest BCUT2D eigenvalue weighted by atomic mass is 32.2. The zero-order valence-corrected chi connectivity index (χ0v) is 15.7. The number of carbonyl (C=O) groups is 2. The van der Waals surface area contributed by atoms with Crippen molar-refractivity contribution >= 4 is 33.7 Å². The molecule has 9 nitrogen and oxygen atoms in total. The van der Waals surface area contributed by atoms with E-state index in [0.717, 1.165) is 6.08 Å². The Balaban J connectivity index is 2.62. The number of benzene rings is 2. The monoisotopic (exact) mass is 407 g/mol. The molecule has 0 saturated heterocycles. The summed E-state index contributed by atoms with van der Waals surface area (Å²) in [5.41, 5.74) is -0.145. The molecule has 3 N–H and O–H groups in total. The molecule has 0 aromatic heterocycles. The number of ether oxygens (including phenoxy) is 2. The normalized spacial score (nSPS) is 11.2. The van der Waals surface area contributed by atoms with Gasteiger partial charge in [-0.3, -0.25) is 4.72 Å². The maximum absolute atomic E-state index is 12.9. The number of hydrogen-bond acceptors (Lipinski definition) is 6. The van der Waals surface area contributed by atoms with Gasteiger partial charge < -0.3 is 19.7 Å². The van der Waals surface area contributed by atoms with E-state index in [0.29, 0.717) is 0 Å². The van der Waals surface area contributed by atoms with Crippen molar-refractivity contribution < 1.29 is 37.7 Å². The second-order valence-electron chi connectivity index (χ2n) is 5.38. The molecular weight excluding hydrogens is 390 g/mol. The lowest BCUT2D eigenvalue weighted by atomic mass is 10.2.